The Morgan fingerprint density at radius 3 is 2.52 bits per heavy atom. The first kappa shape index (κ1) is 21.6. The minimum absolute atomic E-state index is 0. The van der Waals surface area contributed by atoms with Crippen LogP contribution in [0.15, 0.2) is 30.3 Å². The summed E-state index contributed by atoms with van der Waals surface area (Å²) in [7, 11) is 0. The summed E-state index contributed by atoms with van der Waals surface area (Å²) in [6, 6.07) is 8.80. The van der Waals surface area contributed by atoms with E-state index < -0.39 is 6.04 Å². The van der Waals surface area contributed by atoms with Gasteiger partial charge in [-0.3, -0.25) is 4.79 Å². The molecule has 0 spiro atoms. The SMILES string of the molecule is CSCC[C@H](N)C(=O)N1CCC(NC(=O)Nc2ccccc2)CC1.Cl. The molecule has 0 aliphatic carbocycles. The van der Waals surface area contributed by atoms with Crippen molar-refractivity contribution in [2.75, 3.05) is 30.4 Å². The van der Waals surface area contributed by atoms with Crippen LogP contribution in [0.5, 0.6) is 0 Å². The maximum Gasteiger partial charge on any atom is 0.319 e. The number of piperidine rings is 1. The Morgan fingerprint density at radius 2 is 1.92 bits per heavy atom. The molecule has 0 radical (unpaired) electrons. The van der Waals surface area contributed by atoms with Gasteiger partial charge in [0.2, 0.25) is 5.91 Å². The van der Waals surface area contributed by atoms with Crippen LogP contribution < -0.4 is 16.4 Å². The van der Waals surface area contributed by atoms with Gasteiger partial charge >= 0.3 is 6.03 Å². The fraction of sp³-hybridized carbons (Fsp3) is 0.529. The van der Waals surface area contributed by atoms with E-state index >= 15 is 0 Å². The van der Waals surface area contributed by atoms with Crippen LogP contribution in [0.25, 0.3) is 0 Å². The second-order valence-corrected chi connectivity index (χ2v) is 6.94. The number of hydrogen-bond donors (Lipinski definition) is 3. The maximum atomic E-state index is 12.3. The number of carbonyl (C=O) groups is 2. The van der Waals surface area contributed by atoms with Gasteiger partial charge in [0.25, 0.3) is 0 Å². The van der Waals surface area contributed by atoms with E-state index in [4.69, 9.17) is 5.73 Å². The minimum atomic E-state index is -0.414. The quantitative estimate of drug-likeness (QED) is 0.700. The number of halogens is 1. The van der Waals surface area contributed by atoms with Gasteiger partial charge in [0.1, 0.15) is 0 Å². The Morgan fingerprint density at radius 1 is 1.28 bits per heavy atom. The monoisotopic (exact) mass is 386 g/mol. The van der Waals surface area contributed by atoms with Crippen molar-refractivity contribution in [3.05, 3.63) is 30.3 Å². The molecule has 1 saturated heterocycles. The number of amides is 3. The molecule has 1 aromatic carbocycles. The number of thioether (sulfide) groups is 1. The molecule has 0 bridgehead atoms. The highest BCUT2D eigenvalue weighted by Gasteiger charge is 2.26. The van der Waals surface area contributed by atoms with Crippen molar-refractivity contribution in [3.63, 3.8) is 0 Å². The number of nitrogens with one attached hydrogen (secondary N) is 2. The van der Waals surface area contributed by atoms with E-state index in [9.17, 15) is 9.59 Å². The number of para-hydroxylation sites is 1. The van der Waals surface area contributed by atoms with Gasteiger partial charge < -0.3 is 21.3 Å². The third-order valence-electron chi connectivity index (χ3n) is 4.12. The van der Waals surface area contributed by atoms with Crippen LogP contribution in [0.2, 0.25) is 0 Å². The van der Waals surface area contributed by atoms with Crippen LogP contribution >= 0.6 is 24.2 Å². The molecule has 0 aromatic heterocycles. The molecule has 8 heteroatoms. The molecule has 1 aromatic rings. The molecular weight excluding hydrogens is 360 g/mol. The molecule has 1 fully saturated rings. The van der Waals surface area contributed by atoms with E-state index in [-0.39, 0.29) is 30.4 Å². The standard InChI is InChI=1S/C17H26N4O2S.ClH/c1-24-12-9-15(18)16(22)21-10-7-14(8-11-21)20-17(23)19-13-5-3-2-4-6-13;/h2-6,14-15H,7-12,18H2,1H3,(H2,19,20,23);1H/t15-;/m0./s1. The van der Waals surface area contributed by atoms with E-state index in [1.807, 2.05) is 41.5 Å². The molecule has 1 aliphatic heterocycles. The van der Waals surface area contributed by atoms with Gasteiger partial charge in [0.05, 0.1) is 6.04 Å². The molecule has 6 nitrogen and oxygen atoms in total. The van der Waals surface area contributed by atoms with Crippen LogP contribution in [0, 0.1) is 0 Å². The fourth-order valence-corrected chi connectivity index (χ4v) is 3.21. The zero-order valence-corrected chi connectivity index (χ0v) is 16.1. The average molecular weight is 387 g/mol. The lowest BCUT2D eigenvalue weighted by Crippen LogP contribution is -2.51. The molecule has 3 amide bonds. The van der Waals surface area contributed by atoms with Gasteiger partial charge in [-0.25, -0.2) is 4.79 Å². The average Bonchev–Trinajstić information content (AvgIpc) is 2.60. The third-order valence-corrected chi connectivity index (χ3v) is 4.77. The molecule has 1 aliphatic rings. The Kier molecular flexibility index (Phi) is 9.70. The summed E-state index contributed by atoms with van der Waals surface area (Å²) in [5.74, 6) is 0.918. The summed E-state index contributed by atoms with van der Waals surface area (Å²) in [4.78, 5) is 26.1. The number of nitrogens with zero attached hydrogens (tertiary/aromatic N) is 1. The fourth-order valence-electron chi connectivity index (χ4n) is 2.72. The summed E-state index contributed by atoms with van der Waals surface area (Å²) in [6.45, 7) is 1.28. The minimum Gasteiger partial charge on any atom is -0.341 e. The molecule has 2 rings (SSSR count). The Labute approximate surface area is 159 Å². The van der Waals surface area contributed by atoms with Gasteiger partial charge in [0, 0.05) is 24.8 Å². The van der Waals surface area contributed by atoms with E-state index in [1.54, 1.807) is 11.8 Å². The van der Waals surface area contributed by atoms with Gasteiger partial charge in [-0.15, -0.1) is 12.4 Å². The van der Waals surface area contributed by atoms with Crippen LogP contribution in [-0.4, -0.2) is 54.0 Å². The van der Waals surface area contributed by atoms with Crippen molar-refractivity contribution in [3.8, 4) is 0 Å². The topological polar surface area (TPSA) is 87.5 Å². The molecule has 0 saturated carbocycles. The number of carbonyl (C=O) groups excluding carboxylic acids is 2. The molecule has 1 heterocycles. The number of benzene rings is 1. The summed E-state index contributed by atoms with van der Waals surface area (Å²) in [6.07, 6.45) is 4.22. The number of urea groups is 1. The number of nitrogens with two attached hydrogens (primary N) is 1. The first-order valence-corrected chi connectivity index (χ1v) is 9.65. The first-order valence-electron chi connectivity index (χ1n) is 8.26. The lowest BCUT2D eigenvalue weighted by atomic mass is 10.0. The first-order chi connectivity index (χ1) is 11.6. The highest BCUT2D eigenvalue weighted by molar-refractivity contribution is 7.98. The lowest BCUT2D eigenvalue weighted by molar-refractivity contribution is -0.133. The van der Waals surface area contributed by atoms with E-state index in [0.717, 1.165) is 24.3 Å². The summed E-state index contributed by atoms with van der Waals surface area (Å²) >= 11 is 1.70. The van der Waals surface area contributed by atoms with Crippen molar-refractivity contribution >= 4 is 41.8 Å². The van der Waals surface area contributed by atoms with E-state index in [2.05, 4.69) is 10.6 Å². The normalized spacial score (nSPS) is 15.8. The van der Waals surface area contributed by atoms with Crippen LogP contribution in [0.3, 0.4) is 0 Å². The van der Waals surface area contributed by atoms with Crippen molar-refractivity contribution in [2.24, 2.45) is 5.73 Å². The molecule has 140 valence electrons. The second kappa shape index (κ2) is 11.2. The lowest BCUT2D eigenvalue weighted by Gasteiger charge is -2.33. The predicted molar refractivity (Wildman–Crippen MR) is 106 cm³/mol. The molecule has 1 atom stereocenters. The molecular formula is C17H27ClN4O2S. The summed E-state index contributed by atoms with van der Waals surface area (Å²) in [5, 5.41) is 5.78. The highest BCUT2D eigenvalue weighted by atomic mass is 35.5. The van der Waals surface area contributed by atoms with Crippen molar-refractivity contribution in [2.45, 2.75) is 31.3 Å². The summed E-state index contributed by atoms with van der Waals surface area (Å²) in [5.41, 5.74) is 6.72. The largest absolute Gasteiger partial charge is 0.341 e. The van der Waals surface area contributed by atoms with Crippen LogP contribution in [-0.2, 0) is 4.79 Å². The number of rotatable bonds is 6. The maximum absolute atomic E-state index is 12.3. The zero-order chi connectivity index (χ0) is 17.4. The van der Waals surface area contributed by atoms with Gasteiger partial charge in [-0.2, -0.15) is 11.8 Å². The van der Waals surface area contributed by atoms with Gasteiger partial charge in [-0.05, 0) is 43.4 Å². The molecule has 4 N–H and O–H groups in total. The van der Waals surface area contributed by atoms with Crippen molar-refractivity contribution in [1.82, 2.24) is 10.2 Å². The smallest absolute Gasteiger partial charge is 0.319 e. The second-order valence-electron chi connectivity index (χ2n) is 5.95. The van der Waals surface area contributed by atoms with E-state index in [1.165, 1.54) is 0 Å². The van der Waals surface area contributed by atoms with Gasteiger partial charge in [0.15, 0.2) is 0 Å². The molecule has 25 heavy (non-hydrogen) atoms. The highest BCUT2D eigenvalue weighted by Crippen LogP contribution is 2.13. The van der Waals surface area contributed by atoms with Crippen LogP contribution in [0.4, 0.5) is 10.5 Å². The van der Waals surface area contributed by atoms with E-state index in [0.29, 0.717) is 19.5 Å². The van der Waals surface area contributed by atoms with Crippen LogP contribution in [0.1, 0.15) is 19.3 Å². The Balaban J connectivity index is 0.00000312. The third kappa shape index (κ3) is 7.13. The predicted octanol–water partition coefficient (Wildman–Crippen LogP) is 2.30. The molecule has 0 unspecified atom stereocenters. The number of anilines is 1. The summed E-state index contributed by atoms with van der Waals surface area (Å²) < 4.78 is 0. The Bertz CT molecular complexity index is 539. The Hall–Kier alpha value is -1.44. The number of hydrogen-bond acceptors (Lipinski definition) is 4. The van der Waals surface area contributed by atoms with Crippen molar-refractivity contribution in [1.29, 1.82) is 0 Å². The zero-order valence-electron chi connectivity index (χ0n) is 14.4. The van der Waals surface area contributed by atoms with Crippen molar-refractivity contribution < 1.29 is 9.59 Å². The van der Waals surface area contributed by atoms with Gasteiger partial charge in [-0.1, -0.05) is 18.2 Å². The number of likely N-dealkylation sites (tertiary alicyclic amines) is 1.